The Morgan fingerprint density at radius 3 is 2.87 bits per heavy atom. The smallest absolute Gasteiger partial charge is 0.251 e. The molecule has 0 saturated heterocycles. The molecule has 0 aliphatic rings. The molecule has 1 heterocycles. The van der Waals surface area contributed by atoms with E-state index in [1.54, 1.807) is 0 Å². The summed E-state index contributed by atoms with van der Waals surface area (Å²) in [5.74, 6) is -0.906. The maximum Gasteiger partial charge on any atom is 0.251 e. The van der Waals surface area contributed by atoms with Gasteiger partial charge in [-0.3, -0.25) is 4.79 Å². The highest BCUT2D eigenvalue weighted by molar-refractivity contribution is 7.10. The average Bonchev–Trinajstić information content (AvgIpc) is 3.09. The quantitative estimate of drug-likeness (QED) is 0.775. The lowest BCUT2D eigenvalue weighted by atomic mass is 10.2. The third kappa shape index (κ3) is 4.75. The number of halogens is 1. The van der Waals surface area contributed by atoms with E-state index in [1.807, 2.05) is 17.5 Å². The molecule has 0 spiro atoms. The molecule has 1 aromatic heterocycles. The van der Waals surface area contributed by atoms with Gasteiger partial charge < -0.3 is 19.9 Å². The van der Waals surface area contributed by atoms with Crippen molar-refractivity contribution < 1.29 is 23.8 Å². The van der Waals surface area contributed by atoms with Gasteiger partial charge in [0.05, 0.1) is 20.3 Å². The first-order valence-electron chi connectivity index (χ1n) is 7.03. The number of ether oxygens (including phenoxy) is 2. The Labute approximate surface area is 137 Å². The molecular formula is C16H18FNO4S. The van der Waals surface area contributed by atoms with E-state index in [2.05, 4.69) is 5.32 Å². The maximum absolute atomic E-state index is 13.6. The molecule has 0 aliphatic carbocycles. The molecule has 2 aromatic rings. The number of methoxy groups -OCH3 is 1. The molecule has 7 heteroatoms. The number of benzene rings is 1. The Morgan fingerprint density at radius 2 is 2.26 bits per heavy atom. The number of nitrogens with one attached hydrogen (secondary N) is 1. The molecule has 23 heavy (non-hydrogen) atoms. The molecule has 2 N–H and O–H groups in total. The lowest BCUT2D eigenvalue weighted by Crippen LogP contribution is -2.29. The van der Waals surface area contributed by atoms with Gasteiger partial charge in [-0.2, -0.15) is 0 Å². The Bertz CT molecular complexity index is 633. The molecule has 2 rings (SSSR count). The van der Waals surface area contributed by atoms with Crippen LogP contribution >= 0.6 is 11.3 Å². The Hall–Kier alpha value is -1.96. The number of hydrogen-bond donors (Lipinski definition) is 2. The fraction of sp³-hybridized carbons (Fsp3) is 0.312. The minimum absolute atomic E-state index is 0.0873. The first-order valence-corrected chi connectivity index (χ1v) is 7.91. The SMILES string of the molecule is COc1ccc(C(=O)NCC(OCCO)c2cccs2)cc1F. The number of hydrogen-bond acceptors (Lipinski definition) is 5. The van der Waals surface area contributed by atoms with E-state index in [0.717, 1.165) is 10.9 Å². The topological polar surface area (TPSA) is 67.8 Å². The van der Waals surface area contributed by atoms with Crippen LogP contribution < -0.4 is 10.1 Å². The summed E-state index contributed by atoms with van der Waals surface area (Å²) in [5, 5.41) is 13.5. The van der Waals surface area contributed by atoms with Crippen LogP contribution in [-0.2, 0) is 4.74 Å². The zero-order valence-corrected chi connectivity index (χ0v) is 13.4. The summed E-state index contributed by atoms with van der Waals surface area (Å²) in [5.41, 5.74) is 0.204. The van der Waals surface area contributed by atoms with Gasteiger partial charge in [-0.25, -0.2) is 4.39 Å². The minimum Gasteiger partial charge on any atom is -0.494 e. The predicted molar refractivity (Wildman–Crippen MR) is 85.4 cm³/mol. The van der Waals surface area contributed by atoms with Gasteiger partial charge in [0.1, 0.15) is 6.10 Å². The highest BCUT2D eigenvalue weighted by Gasteiger charge is 2.16. The van der Waals surface area contributed by atoms with Crippen molar-refractivity contribution in [1.29, 1.82) is 0 Å². The third-order valence-electron chi connectivity index (χ3n) is 3.13. The zero-order chi connectivity index (χ0) is 16.7. The lowest BCUT2D eigenvalue weighted by Gasteiger charge is -2.17. The molecule has 1 atom stereocenters. The molecule has 0 aliphatic heterocycles. The Balaban J connectivity index is 1.99. The number of aliphatic hydroxyl groups is 1. The summed E-state index contributed by atoms with van der Waals surface area (Å²) in [4.78, 5) is 13.1. The van der Waals surface area contributed by atoms with Crippen molar-refractivity contribution in [2.24, 2.45) is 0 Å². The molecular weight excluding hydrogens is 321 g/mol. The van der Waals surface area contributed by atoms with Crippen LogP contribution in [-0.4, -0.2) is 37.9 Å². The van der Waals surface area contributed by atoms with Crippen molar-refractivity contribution in [2.45, 2.75) is 6.10 Å². The number of thiophene rings is 1. The number of aliphatic hydroxyl groups excluding tert-OH is 1. The summed E-state index contributed by atoms with van der Waals surface area (Å²) in [6.07, 6.45) is -0.353. The molecule has 124 valence electrons. The summed E-state index contributed by atoms with van der Waals surface area (Å²) >= 11 is 1.50. The molecule has 0 radical (unpaired) electrons. The lowest BCUT2D eigenvalue weighted by molar-refractivity contribution is 0.0296. The minimum atomic E-state index is -0.591. The van der Waals surface area contributed by atoms with Crippen molar-refractivity contribution in [3.63, 3.8) is 0 Å². The van der Waals surface area contributed by atoms with Gasteiger partial charge >= 0.3 is 0 Å². The van der Waals surface area contributed by atoms with Gasteiger partial charge in [0.2, 0.25) is 0 Å². The van der Waals surface area contributed by atoms with Crippen molar-refractivity contribution in [3.05, 3.63) is 52.0 Å². The maximum atomic E-state index is 13.6. The summed E-state index contributed by atoms with van der Waals surface area (Å²) in [6.45, 7) is 0.308. The van der Waals surface area contributed by atoms with E-state index in [0.29, 0.717) is 0 Å². The molecule has 0 saturated carbocycles. The van der Waals surface area contributed by atoms with Gasteiger partial charge in [-0.1, -0.05) is 6.07 Å². The molecule has 0 bridgehead atoms. The molecule has 1 aromatic carbocycles. The van der Waals surface area contributed by atoms with Gasteiger partial charge in [-0.05, 0) is 29.6 Å². The summed E-state index contributed by atoms with van der Waals surface area (Å²) < 4.78 is 24.0. The largest absolute Gasteiger partial charge is 0.494 e. The van der Waals surface area contributed by atoms with Crippen LogP contribution in [0.1, 0.15) is 21.3 Å². The second-order valence-corrected chi connectivity index (χ2v) is 5.64. The van der Waals surface area contributed by atoms with Crippen LogP contribution in [0.15, 0.2) is 35.7 Å². The standard InChI is InChI=1S/C16H18FNO4S/c1-21-13-5-4-11(9-12(13)17)16(20)18-10-14(22-7-6-19)15-3-2-8-23-15/h2-5,8-9,14,19H,6-7,10H2,1H3,(H,18,20). The second-order valence-electron chi connectivity index (χ2n) is 4.66. The monoisotopic (exact) mass is 339 g/mol. The van der Waals surface area contributed by atoms with Crippen LogP contribution in [0.2, 0.25) is 0 Å². The zero-order valence-electron chi connectivity index (χ0n) is 12.6. The van der Waals surface area contributed by atoms with Crippen LogP contribution in [0.3, 0.4) is 0 Å². The van der Waals surface area contributed by atoms with Crippen LogP contribution in [0.25, 0.3) is 0 Å². The summed E-state index contributed by atoms with van der Waals surface area (Å²) in [7, 11) is 1.36. The van der Waals surface area contributed by atoms with Crippen molar-refractivity contribution >= 4 is 17.2 Å². The van der Waals surface area contributed by atoms with Crippen molar-refractivity contribution in [1.82, 2.24) is 5.32 Å². The van der Waals surface area contributed by atoms with Gasteiger partial charge in [0, 0.05) is 17.0 Å². The molecule has 1 amide bonds. The van der Waals surface area contributed by atoms with E-state index in [9.17, 15) is 9.18 Å². The Morgan fingerprint density at radius 1 is 1.43 bits per heavy atom. The second kappa shape index (κ2) is 8.61. The average molecular weight is 339 g/mol. The number of carbonyl (C=O) groups is 1. The fourth-order valence-corrected chi connectivity index (χ4v) is 2.78. The number of carbonyl (C=O) groups excluding carboxylic acids is 1. The van der Waals surface area contributed by atoms with Crippen LogP contribution in [0, 0.1) is 5.82 Å². The predicted octanol–water partition coefficient (Wildman–Crippen LogP) is 2.38. The van der Waals surface area contributed by atoms with Crippen molar-refractivity contribution in [2.75, 3.05) is 26.9 Å². The highest BCUT2D eigenvalue weighted by atomic mass is 32.1. The van der Waals surface area contributed by atoms with E-state index >= 15 is 0 Å². The molecule has 5 nitrogen and oxygen atoms in total. The van der Waals surface area contributed by atoms with E-state index in [-0.39, 0.29) is 37.2 Å². The molecule has 1 unspecified atom stereocenters. The number of amides is 1. The highest BCUT2D eigenvalue weighted by Crippen LogP contribution is 2.22. The van der Waals surface area contributed by atoms with E-state index < -0.39 is 11.7 Å². The summed E-state index contributed by atoms with van der Waals surface area (Å²) in [6, 6.07) is 7.81. The van der Waals surface area contributed by atoms with Crippen LogP contribution in [0.4, 0.5) is 4.39 Å². The Kier molecular flexibility index (Phi) is 6.52. The molecule has 0 fully saturated rings. The third-order valence-corrected chi connectivity index (χ3v) is 4.10. The van der Waals surface area contributed by atoms with Gasteiger partial charge in [-0.15, -0.1) is 11.3 Å². The first kappa shape index (κ1) is 17.4. The normalized spacial score (nSPS) is 12.0. The van der Waals surface area contributed by atoms with Gasteiger partial charge in [0.25, 0.3) is 5.91 Å². The van der Waals surface area contributed by atoms with E-state index in [1.165, 1.54) is 30.6 Å². The van der Waals surface area contributed by atoms with Gasteiger partial charge in [0.15, 0.2) is 11.6 Å². The fourth-order valence-electron chi connectivity index (χ4n) is 2.01. The number of rotatable bonds is 8. The van der Waals surface area contributed by atoms with Crippen molar-refractivity contribution in [3.8, 4) is 5.75 Å². The first-order chi connectivity index (χ1) is 11.2. The van der Waals surface area contributed by atoms with E-state index in [4.69, 9.17) is 14.6 Å². The van der Waals surface area contributed by atoms with Crippen LogP contribution in [0.5, 0.6) is 5.75 Å².